The molecular weight excluding hydrogens is 218 g/mol. The van der Waals surface area contributed by atoms with Crippen LogP contribution in [0.3, 0.4) is 0 Å². The molecule has 1 unspecified atom stereocenters. The van der Waals surface area contributed by atoms with Crippen molar-refractivity contribution in [1.82, 2.24) is 4.48 Å². The van der Waals surface area contributed by atoms with E-state index in [-0.39, 0.29) is 5.41 Å². The molecule has 2 rings (SSSR count). The summed E-state index contributed by atoms with van der Waals surface area (Å²) in [5, 5.41) is 0. The highest BCUT2D eigenvalue weighted by Gasteiger charge is 2.47. The lowest BCUT2D eigenvalue weighted by Gasteiger charge is -2.44. The van der Waals surface area contributed by atoms with Gasteiger partial charge in [-0.2, -0.15) is 0 Å². The third-order valence-electron chi connectivity index (χ3n) is 4.24. The largest absolute Gasteiger partial charge is 0.260 e. The van der Waals surface area contributed by atoms with Gasteiger partial charge in [-0.1, -0.05) is 32.9 Å². The van der Waals surface area contributed by atoms with E-state index in [4.69, 9.17) is 0 Å². The minimum absolute atomic E-state index is 0.208. The van der Waals surface area contributed by atoms with E-state index in [1.165, 1.54) is 11.3 Å². The van der Waals surface area contributed by atoms with Gasteiger partial charge in [-0.05, 0) is 26.8 Å². The Balaban J connectivity index is 2.70. The summed E-state index contributed by atoms with van der Waals surface area (Å²) in [7, 11) is 0. The molecule has 0 aromatic heterocycles. The van der Waals surface area contributed by atoms with Gasteiger partial charge in [0, 0.05) is 23.1 Å². The van der Waals surface area contributed by atoms with Crippen LogP contribution in [0.4, 0.5) is 5.69 Å². The number of quaternary nitrogens is 1. The van der Waals surface area contributed by atoms with Gasteiger partial charge in [0.15, 0.2) is 0 Å². The molecule has 0 saturated carbocycles. The van der Waals surface area contributed by atoms with E-state index in [1.54, 1.807) is 5.70 Å². The Hall–Kier alpha value is -1.08. The van der Waals surface area contributed by atoms with Gasteiger partial charge in [-0.25, -0.2) is 0 Å². The molecule has 0 radical (unpaired) electrons. The van der Waals surface area contributed by atoms with Gasteiger partial charge in [-0.3, -0.25) is 4.48 Å². The minimum atomic E-state index is 0.208. The topological polar surface area (TPSA) is 0 Å². The predicted molar refractivity (Wildman–Crippen MR) is 81.3 cm³/mol. The molecule has 18 heavy (non-hydrogen) atoms. The first-order chi connectivity index (χ1) is 8.34. The number of para-hydroxylation sites is 1. The first kappa shape index (κ1) is 13.4. The minimum Gasteiger partial charge on any atom is -0.260 e. The zero-order chi connectivity index (χ0) is 13.6. The molecule has 0 spiro atoms. The quantitative estimate of drug-likeness (QED) is 0.654. The van der Waals surface area contributed by atoms with Crippen LogP contribution in [0.2, 0.25) is 0 Å². The lowest BCUT2D eigenvalue weighted by atomic mass is 9.89. The van der Waals surface area contributed by atoms with Gasteiger partial charge >= 0.3 is 0 Å². The molecule has 0 amide bonds. The van der Waals surface area contributed by atoms with Gasteiger partial charge in [0.05, 0.1) is 12.6 Å². The Morgan fingerprint density at radius 1 is 1.11 bits per heavy atom. The van der Waals surface area contributed by atoms with Crippen molar-refractivity contribution >= 4 is 11.8 Å². The Morgan fingerprint density at radius 3 is 2.22 bits per heavy atom. The van der Waals surface area contributed by atoms with Crippen molar-refractivity contribution in [3.8, 4) is 0 Å². The van der Waals surface area contributed by atoms with E-state index >= 15 is 0 Å². The van der Waals surface area contributed by atoms with Gasteiger partial charge in [-0.15, -0.1) is 0 Å². The van der Waals surface area contributed by atoms with E-state index in [9.17, 15) is 0 Å². The van der Waals surface area contributed by atoms with E-state index in [2.05, 4.69) is 71.9 Å². The fourth-order valence-corrected chi connectivity index (χ4v) is 3.44. The normalized spacial score (nSPS) is 23.2. The van der Waals surface area contributed by atoms with Crippen molar-refractivity contribution in [2.75, 3.05) is 6.54 Å². The van der Waals surface area contributed by atoms with Crippen LogP contribution >= 0.6 is 0 Å². The SMILES string of the molecule is CC[N+]1(C(C)C)C(C(C)(C)C)=Cc2ccccc21. The molecule has 0 bridgehead atoms. The summed E-state index contributed by atoms with van der Waals surface area (Å²) >= 11 is 0. The summed E-state index contributed by atoms with van der Waals surface area (Å²) < 4.78 is 1.01. The van der Waals surface area contributed by atoms with Crippen molar-refractivity contribution in [3.05, 3.63) is 35.5 Å². The van der Waals surface area contributed by atoms with Crippen LogP contribution in [0.15, 0.2) is 30.0 Å². The van der Waals surface area contributed by atoms with Crippen molar-refractivity contribution in [2.24, 2.45) is 5.41 Å². The molecule has 0 saturated heterocycles. The first-order valence-corrected chi connectivity index (χ1v) is 7.04. The Kier molecular flexibility index (Phi) is 3.14. The highest BCUT2D eigenvalue weighted by molar-refractivity contribution is 5.77. The lowest BCUT2D eigenvalue weighted by molar-refractivity contribution is 0.242. The Morgan fingerprint density at radius 2 is 1.72 bits per heavy atom. The fourth-order valence-electron chi connectivity index (χ4n) is 3.44. The Labute approximate surface area is 112 Å². The number of benzene rings is 1. The smallest absolute Gasteiger partial charge is 0.145 e. The highest BCUT2D eigenvalue weighted by Crippen LogP contribution is 2.48. The number of hydrogen-bond donors (Lipinski definition) is 0. The molecule has 1 aliphatic heterocycles. The van der Waals surface area contributed by atoms with Crippen LogP contribution in [0.25, 0.3) is 6.08 Å². The maximum absolute atomic E-state index is 2.42. The zero-order valence-corrected chi connectivity index (χ0v) is 12.6. The molecule has 1 aromatic carbocycles. The Bertz CT molecular complexity index is 477. The van der Waals surface area contributed by atoms with E-state index in [1.807, 2.05) is 0 Å². The monoisotopic (exact) mass is 244 g/mol. The van der Waals surface area contributed by atoms with Gasteiger partial charge in [0.1, 0.15) is 11.4 Å². The van der Waals surface area contributed by atoms with Crippen LogP contribution in [0.5, 0.6) is 0 Å². The van der Waals surface area contributed by atoms with Gasteiger partial charge in [0.2, 0.25) is 0 Å². The number of allylic oxidation sites excluding steroid dienone is 1. The van der Waals surface area contributed by atoms with Crippen molar-refractivity contribution in [3.63, 3.8) is 0 Å². The first-order valence-electron chi connectivity index (χ1n) is 7.04. The summed E-state index contributed by atoms with van der Waals surface area (Å²) in [5.74, 6) is 0. The van der Waals surface area contributed by atoms with Crippen LogP contribution in [-0.2, 0) is 0 Å². The second-order valence-electron chi connectivity index (χ2n) is 6.62. The van der Waals surface area contributed by atoms with Gasteiger partial charge in [0.25, 0.3) is 0 Å². The van der Waals surface area contributed by atoms with E-state index in [0.29, 0.717) is 6.04 Å². The fraction of sp³-hybridized carbons (Fsp3) is 0.529. The highest BCUT2D eigenvalue weighted by atomic mass is 15.4. The number of fused-ring (bicyclic) bond motifs is 1. The molecule has 98 valence electrons. The summed E-state index contributed by atoms with van der Waals surface area (Å²) in [6, 6.07) is 9.44. The van der Waals surface area contributed by atoms with Crippen molar-refractivity contribution in [2.45, 2.75) is 47.6 Å². The average Bonchev–Trinajstić information content (AvgIpc) is 2.64. The maximum atomic E-state index is 2.42. The van der Waals surface area contributed by atoms with Crippen LogP contribution in [-0.4, -0.2) is 12.6 Å². The summed E-state index contributed by atoms with van der Waals surface area (Å²) in [4.78, 5) is 0. The average molecular weight is 244 g/mol. The zero-order valence-electron chi connectivity index (χ0n) is 12.6. The number of rotatable bonds is 2. The van der Waals surface area contributed by atoms with Crippen LogP contribution in [0.1, 0.15) is 47.1 Å². The third-order valence-corrected chi connectivity index (χ3v) is 4.24. The van der Waals surface area contributed by atoms with Crippen molar-refractivity contribution < 1.29 is 0 Å². The molecule has 0 aliphatic carbocycles. The third kappa shape index (κ3) is 1.73. The number of nitrogens with zero attached hydrogens (tertiary/aromatic N) is 1. The van der Waals surface area contributed by atoms with Crippen LogP contribution < -0.4 is 4.48 Å². The lowest BCUT2D eigenvalue weighted by Crippen LogP contribution is -2.54. The molecule has 1 aliphatic rings. The maximum Gasteiger partial charge on any atom is 0.145 e. The molecule has 1 nitrogen and oxygen atoms in total. The van der Waals surface area contributed by atoms with E-state index in [0.717, 1.165) is 11.0 Å². The molecule has 0 N–H and O–H groups in total. The van der Waals surface area contributed by atoms with E-state index < -0.39 is 0 Å². The summed E-state index contributed by atoms with van der Waals surface area (Å²) in [6.45, 7) is 15.1. The van der Waals surface area contributed by atoms with Crippen molar-refractivity contribution in [1.29, 1.82) is 0 Å². The van der Waals surface area contributed by atoms with Crippen LogP contribution in [0, 0.1) is 5.41 Å². The molecule has 1 atom stereocenters. The second-order valence-corrected chi connectivity index (χ2v) is 6.62. The van der Waals surface area contributed by atoms with Gasteiger partial charge < -0.3 is 0 Å². The second kappa shape index (κ2) is 4.24. The summed E-state index contributed by atoms with van der Waals surface area (Å²) in [6.07, 6.45) is 2.42. The molecule has 1 aromatic rings. The molecule has 1 heterocycles. The number of hydrogen-bond acceptors (Lipinski definition) is 0. The summed E-state index contributed by atoms with van der Waals surface area (Å²) in [5.41, 5.74) is 4.62. The molecular formula is C17H26N+. The molecule has 1 heteroatoms. The predicted octanol–water partition coefficient (Wildman–Crippen LogP) is 4.82. The molecule has 0 fully saturated rings. The standard InChI is InChI=1S/C17H26N/c1-7-18(13(2)3)15-11-9-8-10-14(15)12-16(18)17(4,5)6/h8-13H,7H2,1-6H3/q+1.